The first-order chi connectivity index (χ1) is 11.9. The van der Waals surface area contributed by atoms with Gasteiger partial charge in [-0.05, 0) is 37.1 Å². The molecule has 2 aromatic carbocycles. The standard InChI is InChI=1S/C20H22N2O3/c1-14-7-4-5-8-18(14)12-21-20(25)13-22(16(3)24)19-10-6-9-17(11-19)15(2)23/h4-11H,12-13H2,1-3H3,(H,21,25). The first-order valence-electron chi connectivity index (χ1n) is 8.09. The summed E-state index contributed by atoms with van der Waals surface area (Å²) in [5.41, 5.74) is 3.17. The molecular formula is C20H22N2O3. The Balaban J connectivity index is 2.07. The number of amides is 2. The second kappa shape index (κ2) is 8.24. The van der Waals surface area contributed by atoms with Crippen molar-refractivity contribution in [1.29, 1.82) is 0 Å². The van der Waals surface area contributed by atoms with E-state index in [0.717, 1.165) is 11.1 Å². The molecule has 2 amide bonds. The molecule has 0 heterocycles. The number of hydrogen-bond donors (Lipinski definition) is 1. The largest absolute Gasteiger partial charge is 0.350 e. The average Bonchev–Trinajstić information content (AvgIpc) is 2.58. The highest BCUT2D eigenvalue weighted by Gasteiger charge is 2.16. The van der Waals surface area contributed by atoms with Crippen LogP contribution in [0.1, 0.15) is 35.3 Å². The molecule has 0 saturated heterocycles. The lowest BCUT2D eigenvalue weighted by atomic mass is 10.1. The molecule has 0 aliphatic carbocycles. The molecule has 5 heteroatoms. The number of Topliss-reactive ketones (excluding diaryl/α,β-unsaturated/α-hetero) is 1. The van der Waals surface area contributed by atoms with Crippen molar-refractivity contribution in [3.05, 3.63) is 65.2 Å². The highest BCUT2D eigenvalue weighted by atomic mass is 16.2. The van der Waals surface area contributed by atoms with Crippen molar-refractivity contribution < 1.29 is 14.4 Å². The summed E-state index contributed by atoms with van der Waals surface area (Å²) < 4.78 is 0. The maximum absolute atomic E-state index is 12.3. The topological polar surface area (TPSA) is 66.5 Å². The Labute approximate surface area is 147 Å². The zero-order valence-corrected chi connectivity index (χ0v) is 14.7. The van der Waals surface area contributed by atoms with Gasteiger partial charge in [0, 0.05) is 24.7 Å². The average molecular weight is 338 g/mol. The van der Waals surface area contributed by atoms with E-state index in [2.05, 4.69) is 5.32 Å². The Morgan fingerprint density at radius 1 is 1.00 bits per heavy atom. The van der Waals surface area contributed by atoms with Gasteiger partial charge in [0.1, 0.15) is 6.54 Å². The van der Waals surface area contributed by atoms with Gasteiger partial charge in [0.2, 0.25) is 11.8 Å². The van der Waals surface area contributed by atoms with Crippen LogP contribution in [0, 0.1) is 6.92 Å². The van der Waals surface area contributed by atoms with Crippen LogP contribution in [-0.4, -0.2) is 24.1 Å². The molecule has 25 heavy (non-hydrogen) atoms. The van der Waals surface area contributed by atoms with Crippen LogP contribution in [0.25, 0.3) is 0 Å². The van der Waals surface area contributed by atoms with Crippen LogP contribution >= 0.6 is 0 Å². The van der Waals surface area contributed by atoms with Gasteiger partial charge in [-0.1, -0.05) is 36.4 Å². The summed E-state index contributed by atoms with van der Waals surface area (Å²) in [5, 5.41) is 2.83. The molecule has 0 saturated carbocycles. The Morgan fingerprint density at radius 2 is 1.72 bits per heavy atom. The number of ketones is 1. The summed E-state index contributed by atoms with van der Waals surface area (Å²) in [5.74, 6) is -0.604. The van der Waals surface area contributed by atoms with Crippen molar-refractivity contribution in [1.82, 2.24) is 5.32 Å². The van der Waals surface area contributed by atoms with Crippen molar-refractivity contribution in [2.75, 3.05) is 11.4 Å². The normalized spacial score (nSPS) is 10.2. The SMILES string of the molecule is CC(=O)c1cccc(N(CC(=O)NCc2ccccc2C)C(C)=O)c1. The van der Waals surface area contributed by atoms with Gasteiger partial charge in [0.25, 0.3) is 0 Å². The first kappa shape index (κ1) is 18.4. The molecule has 1 N–H and O–H groups in total. The fourth-order valence-electron chi connectivity index (χ4n) is 2.48. The molecule has 2 aromatic rings. The van der Waals surface area contributed by atoms with Gasteiger partial charge < -0.3 is 10.2 Å². The Bertz CT molecular complexity index is 799. The Hall–Kier alpha value is -2.95. The van der Waals surface area contributed by atoms with E-state index in [-0.39, 0.29) is 24.1 Å². The smallest absolute Gasteiger partial charge is 0.240 e. The minimum atomic E-state index is -0.258. The number of hydrogen-bond acceptors (Lipinski definition) is 3. The van der Waals surface area contributed by atoms with Gasteiger partial charge in [0.15, 0.2) is 5.78 Å². The van der Waals surface area contributed by atoms with Crippen LogP contribution in [0.3, 0.4) is 0 Å². The molecule has 0 unspecified atom stereocenters. The molecule has 2 rings (SSSR count). The lowest BCUT2D eigenvalue weighted by Gasteiger charge is -2.21. The maximum atomic E-state index is 12.3. The van der Waals surface area contributed by atoms with Crippen LogP contribution in [0.15, 0.2) is 48.5 Å². The molecule has 0 fully saturated rings. The first-order valence-corrected chi connectivity index (χ1v) is 8.09. The van der Waals surface area contributed by atoms with Gasteiger partial charge in [-0.2, -0.15) is 0 Å². The fourth-order valence-corrected chi connectivity index (χ4v) is 2.48. The lowest BCUT2D eigenvalue weighted by Crippen LogP contribution is -2.39. The van der Waals surface area contributed by atoms with Gasteiger partial charge in [-0.25, -0.2) is 0 Å². The second-order valence-electron chi connectivity index (χ2n) is 5.91. The number of carbonyl (C=O) groups excluding carboxylic acids is 3. The highest BCUT2D eigenvalue weighted by Crippen LogP contribution is 2.17. The number of aryl methyl sites for hydroxylation is 1. The summed E-state index contributed by atoms with van der Waals surface area (Å²) >= 11 is 0. The van der Waals surface area contributed by atoms with Crippen molar-refractivity contribution in [2.24, 2.45) is 0 Å². The number of benzene rings is 2. The predicted molar refractivity (Wildman–Crippen MR) is 97.5 cm³/mol. The van der Waals surface area contributed by atoms with Crippen molar-refractivity contribution in [3.8, 4) is 0 Å². The van der Waals surface area contributed by atoms with Crippen molar-refractivity contribution in [2.45, 2.75) is 27.3 Å². The molecule has 0 aliphatic heterocycles. The summed E-state index contributed by atoms with van der Waals surface area (Å²) in [6.45, 7) is 5.16. The summed E-state index contributed by atoms with van der Waals surface area (Å²) in [6.07, 6.45) is 0. The third-order valence-corrected chi connectivity index (χ3v) is 3.98. The van der Waals surface area contributed by atoms with Crippen LogP contribution in [0.5, 0.6) is 0 Å². The van der Waals surface area contributed by atoms with Crippen LogP contribution in [0.4, 0.5) is 5.69 Å². The number of rotatable bonds is 6. The van der Waals surface area contributed by atoms with Crippen LogP contribution in [-0.2, 0) is 16.1 Å². The molecule has 0 aliphatic rings. The van der Waals surface area contributed by atoms with Gasteiger partial charge in [-0.3, -0.25) is 14.4 Å². The number of nitrogens with one attached hydrogen (secondary N) is 1. The van der Waals surface area contributed by atoms with Crippen LogP contribution < -0.4 is 10.2 Å². The number of anilines is 1. The van der Waals surface area contributed by atoms with E-state index in [4.69, 9.17) is 0 Å². The van der Waals surface area contributed by atoms with E-state index >= 15 is 0 Å². The van der Waals surface area contributed by atoms with Gasteiger partial charge in [0.05, 0.1) is 0 Å². The zero-order chi connectivity index (χ0) is 18.4. The monoisotopic (exact) mass is 338 g/mol. The van der Waals surface area contributed by atoms with E-state index in [1.807, 2.05) is 31.2 Å². The van der Waals surface area contributed by atoms with Crippen LogP contribution in [0.2, 0.25) is 0 Å². The van der Waals surface area contributed by atoms with Gasteiger partial charge in [-0.15, -0.1) is 0 Å². The molecule has 0 radical (unpaired) electrons. The molecule has 0 spiro atoms. The molecule has 0 aromatic heterocycles. The van der Waals surface area contributed by atoms with E-state index in [1.165, 1.54) is 18.7 Å². The Kier molecular flexibility index (Phi) is 6.06. The third-order valence-electron chi connectivity index (χ3n) is 3.98. The molecule has 0 atom stereocenters. The van der Waals surface area contributed by atoms with E-state index in [1.54, 1.807) is 24.3 Å². The third kappa shape index (κ3) is 5.01. The minimum Gasteiger partial charge on any atom is -0.350 e. The summed E-state index contributed by atoms with van der Waals surface area (Å²) in [4.78, 5) is 37.1. The summed E-state index contributed by atoms with van der Waals surface area (Å²) in [7, 11) is 0. The minimum absolute atomic E-state index is 0.0886. The highest BCUT2D eigenvalue weighted by molar-refractivity contribution is 6.00. The molecule has 5 nitrogen and oxygen atoms in total. The van der Waals surface area contributed by atoms with Gasteiger partial charge >= 0.3 is 0 Å². The molecule has 0 bridgehead atoms. The molecule has 130 valence electrons. The summed E-state index contributed by atoms with van der Waals surface area (Å²) in [6, 6.07) is 14.5. The zero-order valence-electron chi connectivity index (χ0n) is 14.7. The second-order valence-corrected chi connectivity index (χ2v) is 5.91. The van der Waals surface area contributed by atoms with E-state index < -0.39 is 0 Å². The predicted octanol–water partition coefficient (Wildman–Crippen LogP) is 2.87. The Morgan fingerprint density at radius 3 is 2.36 bits per heavy atom. The van der Waals surface area contributed by atoms with Crippen molar-refractivity contribution in [3.63, 3.8) is 0 Å². The maximum Gasteiger partial charge on any atom is 0.240 e. The lowest BCUT2D eigenvalue weighted by molar-refractivity contribution is -0.123. The van der Waals surface area contributed by atoms with Crippen molar-refractivity contribution >= 4 is 23.3 Å². The fraction of sp³-hybridized carbons (Fsp3) is 0.250. The number of carbonyl (C=O) groups is 3. The van der Waals surface area contributed by atoms with E-state index in [0.29, 0.717) is 17.8 Å². The number of nitrogens with zero attached hydrogens (tertiary/aromatic N) is 1. The molecular weight excluding hydrogens is 316 g/mol. The van der Waals surface area contributed by atoms with E-state index in [9.17, 15) is 14.4 Å². The quantitative estimate of drug-likeness (QED) is 0.824.